The molecular formula is C28H32FN3O5. The largest absolute Gasteiger partial charge is 0.497 e. The number of rotatable bonds is 7. The summed E-state index contributed by atoms with van der Waals surface area (Å²) in [7, 11) is 1.63. The summed E-state index contributed by atoms with van der Waals surface area (Å²) < 4.78 is 24.0. The Morgan fingerprint density at radius 2 is 1.65 bits per heavy atom. The van der Waals surface area contributed by atoms with Crippen molar-refractivity contribution in [1.82, 2.24) is 9.80 Å². The normalized spacial score (nSPS) is 18.2. The number of halogens is 1. The fourth-order valence-corrected chi connectivity index (χ4v) is 4.90. The van der Waals surface area contributed by atoms with Gasteiger partial charge in [0.1, 0.15) is 18.1 Å². The Kier molecular flexibility index (Phi) is 8.11. The fourth-order valence-electron chi connectivity index (χ4n) is 4.90. The average molecular weight is 510 g/mol. The third kappa shape index (κ3) is 5.76. The van der Waals surface area contributed by atoms with Crippen LogP contribution in [0.3, 0.4) is 0 Å². The molecule has 0 bridgehead atoms. The molecule has 2 aromatic carbocycles. The number of anilines is 1. The quantitative estimate of drug-likeness (QED) is 0.533. The second kappa shape index (κ2) is 11.5. The first-order chi connectivity index (χ1) is 17.8. The zero-order chi connectivity index (χ0) is 26.5. The lowest BCUT2D eigenvalue weighted by molar-refractivity contribution is -0.142. The highest BCUT2D eigenvalue weighted by Crippen LogP contribution is 2.37. The number of amides is 2. The summed E-state index contributed by atoms with van der Waals surface area (Å²) in [6.07, 6.45) is -0.00432. The van der Waals surface area contributed by atoms with E-state index < -0.39 is 17.7 Å². The van der Waals surface area contributed by atoms with Gasteiger partial charge in [-0.1, -0.05) is 12.1 Å². The molecule has 9 heteroatoms. The molecule has 2 heterocycles. The van der Waals surface area contributed by atoms with Gasteiger partial charge in [-0.15, -0.1) is 0 Å². The van der Waals surface area contributed by atoms with Gasteiger partial charge in [-0.2, -0.15) is 0 Å². The number of methoxy groups -OCH3 is 1. The number of esters is 1. The Bertz CT molecular complexity index is 1170. The van der Waals surface area contributed by atoms with Crippen LogP contribution in [0, 0.1) is 5.82 Å². The maximum atomic E-state index is 13.5. The fraction of sp³-hybridized carbons (Fsp3) is 0.393. The van der Waals surface area contributed by atoms with Gasteiger partial charge in [0.05, 0.1) is 19.3 Å². The maximum absolute atomic E-state index is 13.5. The molecule has 0 aromatic heterocycles. The summed E-state index contributed by atoms with van der Waals surface area (Å²) in [4.78, 5) is 44.6. The van der Waals surface area contributed by atoms with Gasteiger partial charge in [-0.25, -0.2) is 9.18 Å². The van der Waals surface area contributed by atoms with Crippen LogP contribution in [-0.2, 0) is 19.1 Å². The van der Waals surface area contributed by atoms with Gasteiger partial charge in [0.2, 0.25) is 11.8 Å². The van der Waals surface area contributed by atoms with E-state index in [0.717, 1.165) is 11.4 Å². The van der Waals surface area contributed by atoms with Gasteiger partial charge in [-0.3, -0.25) is 9.59 Å². The van der Waals surface area contributed by atoms with Crippen LogP contribution >= 0.6 is 0 Å². The van der Waals surface area contributed by atoms with Crippen LogP contribution in [0.5, 0.6) is 5.75 Å². The van der Waals surface area contributed by atoms with Gasteiger partial charge < -0.3 is 24.2 Å². The minimum Gasteiger partial charge on any atom is -0.497 e. The number of carbonyl (C=O) groups is 3. The lowest BCUT2D eigenvalue weighted by Crippen LogP contribution is -2.52. The Hall–Kier alpha value is -3.88. The Balaban J connectivity index is 1.47. The van der Waals surface area contributed by atoms with Crippen molar-refractivity contribution in [2.45, 2.75) is 26.2 Å². The predicted octanol–water partition coefficient (Wildman–Crippen LogP) is 3.34. The molecule has 37 heavy (non-hydrogen) atoms. The van der Waals surface area contributed by atoms with E-state index in [-0.39, 0.29) is 31.4 Å². The Morgan fingerprint density at radius 3 is 2.24 bits per heavy atom. The first-order valence-corrected chi connectivity index (χ1v) is 12.4. The van der Waals surface area contributed by atoms with E-state index in [0.29, 0.717) is 43.0 Å². The van der Waals surface area contributed by atoms with Crippen molar-refractivity contribution in [2.75, 3.05) is 51.3 Å². The average Bonchev–Trinajstić information content (AvgIpc) is 2.91. The molecule has 2 aromatic rings. The summed E-state index contributed by atoms with van der Waals surface area (Å²) in [5.41, 5.74) is 2.43. The number of hydrogen-bond acceptors (Lipinski definition) is 6. The highest BCUT2D eigenvalue weighted by Gasteiger charge is 2.38. The Morgan fingerprint density at radius 1 is 1.00 bits per heavy atom. The van der Waals surface area contributed by atoms with E-state index >= 15 is 0 Å². The van der Waals surface area contributed by atoms with Crippen LogP contribution < -0.4 is 9.64 Å². The maximum Gasteiger partial charge on any atom is 0.336 e. The van der Waals surface area contributed by atoms with Gasteiger partial charge >= 0.3 is 5.97 Å². The molecule has 1 saturated heterocycles. The molecule has 0 aliphatic carbocycles. The Labute approximate surface area is 216 Å². The van der Waals surface area contributed by atoms with Gasteiger partial charge in [0.25, 0.3) is 0 Å². The molecule has 4 rings (SSSR count). The van der Waals surface area contributed by atoms with E-state index in [1.165, 1.54) is 17.0 Å². The molecule has 2 amide bonds. The molecule has 2 aliphatic rings. The smallest absolute Gasteiger partial charge is 0.336 e. The first-order valence-electron chi connectivity index (χ1n) is 12.4. The topological polar surface area (TPSA) is 79.4 Å². The third-order valence-corrected chi connectivity index (χ3v) is 6.95. The SMILES string of the molecule is CCOC(=O)C1=C(C)N(CC(=O)N2CCN(c3ccc(OC)cc3)CC2)C(=O)CC1c1ccc(F)cc1. The van der Waals surface area contributed by atoms with E-state index in [2.05, 4.69) is 4.90 Å². The number of hydrogen-bond donors (Lipinski definition) is 0. The molecule has 1 atom stereocenters. The van der Waals surface area contributed by atoms with E-state index in [4.69, 9.17) is 9.47 Å². The zero-order valence-electron chi connectivity index (χ0n) is 21.4. The monoisotopic (exact) mass is 509 g/mol. The van der Waals surface area contributed by atoms with Gasteiger partial charge in [0, 0.05) is 49.9 Å². The van der Waals surface area contributed by atoms with E-state index in [9.17, 15) is 18.8 Å². The second-order valence-electron chi connectivity index (χ2n) is 9.07. The highest BCUT2D eigenvalue weighted by atomic mass is 19.1. The second-order valence-corrected chi connectivity index (χ2v) is 9.07. The van der Waals surface area contributed by atoms with Crippen LogP contribution in [0.2, 0.25) is 0 Å². The first kappa shape index (κ1) is 26.2. The standard InChI is InChI=1S/C28H32FN3O5/c1-4-37-28(35)27-19(2)32(25(33)17-24(27)20-5-7-21(29)8-6-20)18-26(34)31-15-13-30(14-16-31)22-9-11-23(36-3)12-10-22/h5-12,24H,4,13-18H2,1-3H3. The van der Waals surface area contributed by atoms with Crippen molar-refractivity contribution in [3.05, 3.63) is 71.2 Å². The number of nitrogens with zero attached hydrogens (tertiary/aromatic N) is 3. The summed E-state index contributed by atoms with van der Waals surface area (Å²) >= 11 is 0. The van der Waals surface area contributed by atoms with Crippen molar-refractivity contribution in [3.8, 4) is 5.75 Å². The third-order valence-electron chi connectivity index (χ3n) is 6.95. The number of allylic oxidation sites excluding steroid dienone is 1. The highest BCUT2D eigenvalue weighted by molar-refractivity contribution is 5.97. The molecule has 0 spiro atoms. The summed E-state index contributed by atoms with van der Waals surface area (Å²) in [6, 6.07) is 13.6. The van der Waals surface area contributed by atoms with Crippen LogP contribution in [0.1, 0.15) is 31.7 Å². The van der Waals surface area contributed by atoms with Crippen molar-refractivity contribution < 1.29 is 28.2 Å². The van der Waals surface area contributed by atoms with E-state index in [1.54, 1.807) is 38.0 Å². The summed E-state index contributed by atoms with van der Waals surface area (Å²) in [5, 5.41) is 0. The van der Waals surface area contributed by atoms with Gasteiger partial charge in [-0.05, 0) is 55.8 Å². The lowest BCUT2D eigenvalue weighted by Gasteiger charge is -2.38. The summed E-state index contributed by atoms with van der Waals surface area (Å²) in [6.45, 7) is 5.79. The van der Waals surface area contributed by atoms with Crippen LogP contribution in [0.4, 0.5) is 10.1 Å². The molecule has 1 fully saturated rings. The molecule has 196 valence electrons. The molecule has 2 aliphatic heterocycles. The number of ether oxygens (including phenoxy) is 2. The number of piperazine rings is 1. The molecule has 0 radical (unpaired) electrons. The molecule has 1 unspecified atom stereocenters. The van der Waals surface area contributed by atoms with Crippen LogP contribution in [-0.4, -0.2) is 74.0 Å². The molecular weight excluding hydrogens is 477 g/mol. The summed E-state index contributed by atoms with van der Waals surface area (Å²) in [5.74, 6) is -1.14. The minimum absolute atomic E-state index is 0.00432. The predicted molar refractivity (Wildman–Crippen MR) is 137 cm³/mol. The lowest BCUT2D eigenvalue weighted by atomic mass is 9.83. The minimum atomic E-state index is -0.563. The van der Waals surface area contributed by atoms with Crippen LogP contribution in [0.25, 0.3) is 0 Å². The molecule has 0 N–H and O–H groups in total. The van der Waals surface area contributed by atoms with Crippen molar-refractivity contribution in [3.63, 3.8) is 0 Å². The van der Waals surface area contributed by atoms with Crippen molar-refractivity contribution in [2.24, 2.45) is 0 Å². The zero-order valence-corrected chi connectivity index (χ0v) is 21.4. The van der Waals surface area contributed by atoms with Crippen molar-refractivity contribution in [1.29, 1.82) is 0 Å². The van der Waals surface area contributed by atoms with Crippen molar-refractivity contribution >= 4 is 23.5 Å². The van der Waals surface area contributed by atoms with E-state index in [1.807, 2.05) is 24.3 Å². The molecule has 0 saturated carbocycles. The number of benzene rings is 2. The van der Waals surface area contributed by atoms with Crippen LogP contribution in [0.15, 0.2) is 59.8 Å². The number of carbonyl (C=O) groups excluding carboxylic acids is 3. The van der Waals surface area contributed by atoms with Gasteiger partial charge in [0.15, 0.2) is 0 Å². The molecule has 8 nitrogen and oxygen atoms in total.